The van der Waals surface area contributed by atoms with E-state index in [1.165, 1.54) is 33.2 Å². The molecule has 0 aliphatic carbocycles. The Hall–Kier alpha value is -4.38. The predicted molar refractivity (Wildman–Crippen MR) is 209 cm³/mol. The molecule has 1 N–H and O–H groups in total. The van der Waals surface area contributed by atoms with Crippen molar-refractivity contribution in [2.75, 3.05) is 0 Å². The summed E-state index contributed by atoms with van der Waals surface area (Å²) in [6, 6.07) is 30.9. The largest absolute Gasteiger partial charge is 0.512 e. The average molecular weight is 856 g/mol. The van der Waals surface area contributed by atoms with Gasteiger partial charge in [0.2, 0.25) is 0 Å². The monoisotopic (exact) mass is 856 g/mol. The number of carbonyl (C=O) groups is 1. The van der Waals surface area contributed by atoms with E-state index in [9.17, 15) is 9.90 Å². The molecule has 6 heteroatoms. The fourth-order valence-corrected chi connectivity index (χ4v) is 6.20. The van der Waals surface area contributed by atoms with Crippen LogP contribution >= 0.6 is 0 Å². The van der Waals surface area contributed by atoms with Crippen molar-refractivity contribution in [3.8, 4) is 11.3 Å². The van der Waals surface area contributed by atoms with E-state index in [0.717, 1.165) is 62.8 Å². The smallest absolute Gasteiger partial charge is 0.164 e. The molecule has 0 aliphatic rings. The maximum atomic E-state index is 11.8. The molecule has 7 aromatic rings. The van der Waals surface area contributed by atoms with Crippen molar-refractivity contribution in [3.05, 3.63) is 108 Å². The summed E-state index contributed by atoms with van der Waals surface area (Å²) in [5.74, 6) is 1.21. The zero-order chi connectivity index (χ0) is 36.0. The first-order valence-corrected chi connectivity index (χ1v) is 17.7. The van der Waals surface area contributed by atoms with Crippen LogP contribution in [0.25, 0.3) is 65.6 Å². The maximum absolute atomic E-state index is 11.8. The first-order valence-electron chi connectivity index (χ1n) is 17.7. The Balaban J connectivity index is 0.000000271. The number of para-hydroxylation sites is 1. The number of carbonyl (C=O) groups excluding carboxylic acids is 1. The van der Waals surface area contributed by atoms with Gasteiger partial charge in [-0.15, -0.1) is 18.2 Å². The molecule has 0 unspecified atom stereocenters. The van der Waals surface area contributed by atoms with E-state index in [-0.39, 0.29) is 48.4 Å². The predicted octanol–water partition coefficient (Wildman–Crippen LogP) is 12.6. The zero-order valence-electron chi connectivity index (χ0n) is 31.1. The molecule has 0 amide bonds. The van der Waals surface area contributed by atoms with E-state index >= 15 is 0 Å². The summed E-state index contributed by atoms with van der Waals surface area (Å²) in [6.45, 7) is 18.1. The van der Waals surface area contributed by atoms with E-state index in [1.807, 2.05) is 65.8 Å². The minimum absolute atomic E-state index is 0. The Morgan fingerprint density at radius 2 is 1.49 bits per heavy atom. The van der Waals surface area contributed by atoms with Gasteiger partial charge in [-0.05, 0) is 52.9 Å². The maximum Gasteiger partial charge on any atom is 0.164 e. The van der Waals surface area contributed by atoms with Gasteiger partial charge in [0.1, 0.15) is 17.2 Å². The topological polar surface area (TPSA) is 76.2 Å². The van der Waals surface area contributed by atoms with Gasteiger partial charge in [-0.3, -0.25) is 9.78 Å². The third-order valence-corrected chi connectivity index (χ3v) is 10.4. The number of ketones is 1. The molecule has 0 bridgehead atoms. The van der Waals surface area contributed by atoms with Crippen LogP contribution < -0.4 is 0 Å². The van der Waals surface area contributed by atoms with Crippen LogP contribution in [-0.4, -0.2) is 20.9 Å². The molecule has 1 radical (unpaired) electrons. The number of hydrogen-bond donors (Lipinski definition) is 1. The Morgan fingerprint density at radius 3 is 2.18 bits per heavy atom. The molecule has 265 valence electrons. The van der Waals surface area contributed by atoms with Crippen molar-refractivity contribution in [2.24, 2.45) is 10.8 Å². The second kappa shape index (κ2) is 14.7. The standard InChI is InChI=1S/C32H23N2O.C13H24O2.Ir/c1-18(2)32-33-29(26-13-8-12-24-22-11-6-7-14-27(22)35-31(24)26)25-16-15-23-21-10-5-4-9-20(21)17-19(3)28(23)30(25)34-32;1-7-12(3,4)10(14)9-11(15)13(5,6)8-2;/h4-12,14-18H,1-3H3;9,14H,7-8H2,1-6H3;/q-1;;/b;10-9-;. The molecule has 0 atom stereocenters. The summed E-state index contributed by atoms with van der Waals surface area (Å²) in [4.78, 5) is 22.0. The van der Waals surface area contributed by atoms with Gasteiger partial charge in [0, 0.05) is 59.4 Å². The Kier molecular flexibility index (Phi) is 10.9. The first kappa shape index (κ1) is 37.9. The molecular formula is C45H47IrN2O3-. The number of aliphatic hydroxyl groups excluding tert-OH is 1. The average Bonchev–Trinajstić information content (AvgIpc) is 3.50. The van der Waals surface area contributed by atoms with E-state index < -0.39 is 0 Å². The number of fused-ring (bicyclic) bond motifs is 8. The summed E-state index contributed by atoms with van der Waals surface area (Å²) in [5.41, 5.74) is 4.97. The number of aliphatic hydroxyl groups is 1. The van der Waals surface area contributed by atoms with E-state index in [4.69, 9.17) is 14.4 Å². The van der Waals surface area contributed by atoms with Crippen molar-refractivity contribution < 1.29 is 34.4 Å². The molecule has 0 aliphatic heterocycles. The van der Waals surface area contributed by atoms with Crippen LogP contribution in [0.2, 0.25) is 0 Å². The number of aryl methyl sites for hydroxylation is 1. The summed E-state index contributed by atoms with van der Waals surface area (Å²) in [7, 11) is 0. The number of furan rings is 1. The molecule has 0 fully saturated rings. The number of aromatic nitrogens is 2. The van der Waals surface area contributed by atoms with Gasteiger partial charge in [0.05, 0.1) is 11.1 Å². The Labute approximate surface area is 314 Å². The van der Waals surface area contributed by atoms with E-state index in [0.29, 0.717) is 0 Å². The Morgan fingerprint density at radius 1 is 0.843 bits per heavy atom. The van der Waals surface area contributed by atoms with Crippen LogP contribution in [0, 0.1) is 23.8 Å². The van der Waals surface area contributed by atoms with Crippen LogP contribution in [0.1, 0.15) is 85.5 Å². The summed E-state index contributed by atoms with van der Waals surface area (Å²) in [5, 5.41) is 17.9. The number of benzene rings is 5. The number of nitrogens with zero attached hydrogens (tertiary/aromatic N) is 2. The molecule has 2 heterocycles. The first-order chi connectivity index (χ1) is 23.8. The van der Waals surface area contributed by atoms with Crippen LogP contribution in [-0.2, 0) is 24.9 Å². The van der Waals surface area contributed by atoms with Crippen molar-refractivity contribution in [3.63, 3.8) is 0 Å². The minimum atomic E-state index is -0.377. The SMILES string of the molecule is CCC(C)(C)C(=O)/C=C(\O)C(C)(C)CC.Cc1cc2ccccc2c2ccc3c(-c4[c-]ccc5c4oc4ccccc45)nc(C(C)C)nc3c12.[Ir]. The van der Waals surface area contributed by atoms with Gasteiger partial charge >= 0.3 is 0 Å². The third-order valence-electron chi connectivity index (χ3n) is 10.4. The van der Waals surface area contributed by atoms with Gasteiger partial charge in [0.25, 0.3) is 0 Å². The van der Waals surface area contributed by atoms with Crippen LogP contribution in [0.15, 0.2) is 95.1 Å². The fourth-order valence-electron chi connectivity index (χ4n) is 6.20. The molecular weight excluding hydrogens is 809 g/mol. The third kappa shape index (κ3) is 7.09. The van der Waals surface area contributed by atoms with Gasteiger partial charge in [-0.1, -0.05) is 127 Å². The van der Waals surface area contributed by atoms with Gasteiger partial charge in [0.15, 0.2) is 5.78 Å². The van der Waals surface area contributed by atoms with Crippen molar-refractivity contribution in [1.29, 1.82) is 0 Å². The van der Waals surface area contributed by atoms with Gasteiger partial charge < -0.3 is 9.52 Å². The molecule has 0 saturated heterocycles. The number of rotatable bonds is 7. The van der Waals surface area contributed by atoms with Crippen molar-refractivity contribution in [1.82, 2.24) is 9.97 Å². The second-order valence-electron chi connectivity index (χ2n) is 14.9. The zero-order valence-corrected chi connectivity index (χ0v) is 33.5. The molecule has 7 rings (SSSR count). The molecule has 0 saturated carbocycles. The molecule has 2 aromatic heterocycles. The molecule has 5 aromatic carbocycles. The van der Waals surface area contributed by atoms with Crippen molar-refractivity contribution in [2.45, 2.75) is 81.1 Å². The summed E-state index contributed by atoms with van der Waals surface area (Å²) >= 11 is 0. The molecule has 5 nitrogen and oxygen atoms in total. The van der Waals surface area contributed by atoms with Gasteiger partial charge in [-0.2, -0.15) is 0 Å². The summed E-state index contributed by atoms with van der Waals surface area (Å²) in [6.07, 6.45) is 2.99. The minimum Gasteiger partial charge on any atom is -0.512 e. The van der Waals surface area contributed by atoms with Gasteiger partial charge in [-0.25, -0.2) is 4.98 Å². The quantitative estimate of drug-likeness (QED) is 0.0748. The Bertz CT molecular complexity index is 2430. The van der Waals surface area contributed by atoms with Crippen LogP contribution in [0.3, 0.4) is 0 Å². The number of allylic oxidation sites excluding steroid dienone is 2. The van der Waals surface area contributed by atoms with Crippen LogP contribution in [0.5, 0.6) is 0 Å². The molecule has 51 heavy (non-hydrogen) atoms. The fraction of sp³-hybridized carbons (Fsp3) is 0.311. The van der Waals surface area contributed by atoms with Crippen LogP contribution in [0.4, 0.5) is 0 Å². The van der Waals surface area contributed by atoms with E-state index in [1.54, 1.807) is 0 Å². The second-order valence-corrected chi connectivity index (χ2v) is 14.9. The number of hydrogen-bond acceptors (Lipinski definition) is 5. The van der Waals surface area contributed by atoms with Crippen molar-refractivity contribution >= 4 is 60.2 Å². The summed E-state index contributed by atoms with van der Waals surface area (Å²) < 4.78 is 6.36. The van der Waals surface area contributed by atoms with E-state index in [2.05, 4.69) is 81.4 Å². The molecule has 0 spiro atoms. The normalized spacial score (nSPS) is 12.5.